The fourth-order valence-electron chi connectivity index (χ4n) is 1.43. The number of hydrogen-bond donors (Lipinski definition) is 1. The van der Waals surface area contributed by atoms with Crippen molar-refractivity contribution in [1.82, 2.24) is 4.90 Å². The molecule has 0 saturated carbocycles. The Balaban J connectivity index is 4.30. The quantitative estimate of drug-likeness (QED) is 0.492. The molecular formula is C15H28N2O6. The van der Waals surface area contributed by atoms with Crippen molar-refractivity contribution in [2.75, 3.05) is 33.3 Å². The Morgan fingerprint density at radius 1 is 1.00 bits per heavy atom. The maximum absolute atomic E-state index is 12.0. The number of esters is 3. The van der Waals surface area contributed by atoms with E-state index >= 15 is 0 Å². The van der Waals surface area contributed by atoms with Crippen LogP contribution in [0.25, 0.3) is 0 Å². The SMILES string of the molecule is CN(CCOC(=O)CN)CC(=O)OC(C)(C)C(=O)OC(C)(C)C. The Morgan fingerprint density at radius 2 is 1.57 bits per heavy atom. The summed E-state index contributed by atoms with van der Waals surface area (Å²) in [5, 5.41) is 0. The molecule has 0 saturated heterocycles. The summed E-state index contributed by atoms with van der Waals surface area (Å²) in [7, 11) is 1.66. The topological polar surface area (TPSA) is 108 Å². The molecule has 0 spiro atoms. The molecule has 0 aliphatic carbocycles. The summed E-state index contributed by atoms with van der Waals surface area (Å²) < 4.78 is 15.2. The van der Waals surface area contributed by atoms with Crippen LogP contribution in [-0.4, -0.2) is 67.3 Å². The molecule has 0 atom stereocenters. The van der Waals surface area contributed by atoms with Crippen molar-refractivity contribution in [3.05, 3.63) is 0 Å². The molecule has 0 bridgehead atoms. The molecular weight excluding hydrogens is 304 g/mol. The van der Waals surface area contributed by atoms with Crippen molar-refractivity contribution in [3.8, 4) is 0 Å². The third kappa shape index (κ3) is 9.85. The molecule has 0 amide bonds. The highest BCUT2D eigenvalue weighted by Gasteiger charge is 2.36. The summed E-state index contributed by atoms with van der Waals surface area (Å²) >= 11 is 0. The van der Waals surface area contributed by atoms with Crippen LogP contribution in [0.15, 0.2) is 0 Å². The van der Waals surface area contributed by atoms with Crippen LogP contribution in [-0.2, 0) is 28.6 Å². The van der Waals surface area contributed by atoms with Crippen molar-refractivity contribution in [2.24, 2.45) is 5.73 Å². The minimum atomic E-state index is -1.38. The third-order valence-electron chi connectivity index (χ3n) is 2.56. The number of likely N-dealkylation sites (N-methyl/N-ethyl adjacent to an activating group) is 1. The average molecular weight is 332 g/mol. The summed E-state index contributed by atoms with van der Waals surface area (Å²) in [5.74, 6) is -1.70. The van der Waals surface area contributed by atoms with Crippen LogP contribution in [0.3, 0.4) is 0 Å². The van der Waals surface area contributed by atoms with E-state index < -0.39 is 29.1 Å². The first kappa shape index (κ1) is 21.3. The number of carbonyl (C=O) groups is 3. The molecule has 0 aliphatic rings. The first-order valence-corrected chi connectivity index (χ1v) is 7.37. The van der Waals surface area contributed by atoms with Gasteiger partial charge in [-0.05, 0) is 41.7 Å². The highest BCUT2D eigenvalue weighted by atomic mass is 16.6. The molecule has 0 aliphatic heterocycles. The average Bonchev–Trinajstić information content (AvgIpc) is 2.35. The van der Waals surface area contributed by atoms with E-state index in [1.807, 2.05) is 0 Å². The number of hydrogen-bond acceptors (Lipinski definition) is 8. The molecule has 23 heavy (non-hydrogen) atoms. The van der Waals surface area contributed by atoms with Crippen molar-refractivity contribution in [2.45, 2.75) is 45.8 Å². The normalized spacial score (nSPS) is 12.0. The standard InChI is InChI=1S/C15H28N2O6/c1-14(2,3)23-13(20)15(4,5)22-12(19)10-17(6)7-8-21-11(18)9-16/h7-10,16H2,1-6H3. The van der Waals surface area contributed by atoms with Crippen molar-refractivity contribution in [1.29, 1.82) is 0 Å². The predicted octanol–water partition coefficient (Wildman–Crippen LogP) is 0.0836. The summed E-state index contributed by atoms with van der Waals surface area (Å²) in [6, 6.07) is 0. The summed E-state index contributed by atoms with van der Waals surface area (Å²) in [6.45, 7) is 8.38. The number of nitrogens with zero attached hydrogens (tertiary/aromatic N) is 1. The Morgan fingerprint density at radius 3 is 2.04 bits per heavy atom. The zero-order valence-electron chi connectivity index (χ0n) is 14.8. The van der Waals surface area contributed by atoms with Gasteiger partial charge < -0.3 is 19.9 Å². The van der Waals surface area contributed by atoms with Gasteiger partial charge in [0.05, 0.1) is 13.1 Å². The van der Waals surface area contributed by atoms with Crippen molar-refractivity contribution >= 4 is 17.9 Å². The highest BCUT2D eigenvalue weighted by molar-refractivity contribution is 5.83. The number of ether oxygens (including phenoxy) is 3. The van der Waals surface area contributed by atoms with Gasteiger partial charge in [0, 0.05) is 6.54 Å². The van der Waals surface area contributed by atoms with Gasteiger partial charge in [0.15, 0.2) is 0 Å². The lowest BCUT2D eigenvalue weighted by Gasteiger charge is -2.28. The fraction of sp³-hybridized carbons (Fsp3) is 0.800. The van der Waals surface area contributed by atoms with E-state index in [0.717, 1.165) is 0 Å². The van der Waals surface area contributed by atoms with E-state index in [4.69, 9.17) is 19.9 Å². The van der Waals surface area contributed by atoms with Gasteiger partial charge in [-0.1, -0.05) is 0 Å². The third-order valence-corrected chi connectivity index (χ3v) is 2.56. The lowest BCUT2D eigenvalue weighted by molar-refractivity contribution is -0.186. The fourth-order valence-corrected chi connectivity index (χ4v) is 1.43. The van der Waals surface area contributed by atoms with Gasteiger partial charge in [0.1, 0.15) is 12.2 Å². The number of rotatable bonds is 8. The smallest absolute Gasteiger partial charge is 0.350 e. The lowest BCUT2D eigenvalue weighted by Crippen LogP contribution is -2.44. The van der Waals surface area contributed by atoms with Crippen LogP contribution >= 0.6 is 0 Å². The molecule has 8 heteroatoms. The van der Waals surface area contributed by atoms with Crippen LogP contribution in [0.1, 0.15) is 34.6 Å². The monoisotopic (exact) mass is 332 g/mol. The van der Waals surface area contributed by atoms with Gasteiger partial charge in [0.2, 0.25) is 5.60 Å². The summed E-state index contributed by atoms with van der Waals surface area (Å²) in [4.78, 5) is 36.4. The first-order valence-electron chi connectivity index (χ1n) is 7.37. The van der Waals surface area contributed by atoms with E-state index in [2.05, 4.69) is 0 Å². The van der Waals surface area contributed by atoms with Gasteiger partial charge in [-0.2, -0.15) is 0 Å². The summed E-state index contributed by atoms with van der Waals surface area (Å²) in [5.41, 5.74) is 3.06. The molecule has 0 fully saturated rings. The second-order valence-electron chi connectivity index (χ2n) is 6.65. The minimum absolute atomic E-state index is 0.0492. The van der Waals surface area contributed by atoms with Crippen molar-refractivity contribution < 1.29 is 28.6 Å². The molecule has 0 aromatic rings. The van der Waals surface area contributed by atoms with Crippen LogP contribution in [0.5, 0.6) is 0 Å². The van der Waals surface area contributed by atoms with Crippen LogP contribution in [0.4, 0.5) is 0 Å². The molecule has 0 aromatic heterocycles. The van der Waals surface area contributed by atoms with Gasteiger partial charge in [-0.3, -0.25) is 14.5 Å². The molecule has 134 valence electrons. The van der Waals surface area contributed by atoms with Gasteiger partial charge in [-0.15, -0.1) is 0 Å². The van der Waals surface area contributed by atoms with Gasteiger partial charge >= 0.3 is 17.9 Å². The van der Waals surface area contributed by atoms with E-state index in [9.17, 15) is 14.4 Å². The first-order chi connectivity index (χ1) is 10.4. The Kier molecular flexibility index (Phi) is 8.19. The molecule has 0 unspecified atom stereocenters. The van der Waals surface area contributed by atoms with Crippen LogP contribution in [0, 0.1) is 0 Å². The van der Waals surface area contributed by atoms with Gasteiger partial charge in [-0.25, -0.2) is 4.79 Å². The molecule has 0 heterocycles. The van der Waals surface area contributed by atoms with E-state index in [-0.39, 0.29) is 19.7 Å². The zero-order chi connectivity index (χ0) is 18.3. The van der Waals surface area contributed by atoms with E-state index in [1.54, 1.807) is 32.7 Å². The Bertz CT molecular complexity index is 428. The largest absolute Gasteiger partial charge is 0.463 e. The molecule has 0 rings (SSSR count). The maximum Gasteiger partial charge on any atom is 0.350 e. The molecule has 2 N–H and O–H groups in total. The molecule has 0 radical (unpaired) electrons. The predicted molar refractivity (Wildman–Crippen MR) is 83.5 cm³/mol. The minimum Gasteiger partial charge on any atom is -0.463 e. The van der Waals surface area contributed by atoms with Crippen LogP contribution in [0.2, 0.25) is 0 Å². The maximum atomic E-state index is 12.0. The molecule has 0 aromatic carbocycles. The van der Waals surface area contributed by atoms with Crippen LogP contribution < -0.4 is 5.73 Å². The Labute approximate surface area is 137 Å². The molecule has 8 nitrogen and oxygen atoms in total. The summed E-state index contributed by atoms with van der Waals surface area (Å²) in [6.07, 6.45) is 0. The zero-order valence-corrected chi connectivity index (χ0v) is 14.8. The van der Waals surface area contributed by atoms with E-state index in [1.165, 1.54) is 13.8 Å². The highest BCUT2D eigenvalue weighted by Crippen LogP contribution is 2.17. The Hall–Kier alpha value is -1.67. The van der Waals surface area contributed by atoms with Gasteiger partial charge in [0.25, 0.3) is 0 Å². The lowest BCUT2D eigenvalue weighted by atomic mass is 10.1. The number of carbonyl (C=O) groups excluding carboxylic acids is 3. The van der Waals surface area contributed by atoms with E-state index in [0.29, 0.717) is 6.54 Å². The van der Waals surface area contributed by atoms with Crippen molar-refractivity contribution in [3.63, 3.8) is 0 Å². The number of nitrogens with two attached hydrogens (primary N) is 1. The second kappa shape index (κ2) is 8.83. The second-order valence-corrected chi connectivity index (χ2v) is 6.65.